The van der Waals surface area contributed by atoms with Crippen molar-refractivity contribution in [3.63, 3.8) is 0 Å². The van der Waals surface area contributed by atoms with Crippen LogP contribution in [0, 0.1) is 11.8 Å². The minimum atomic E-state index is -2.06. The van der Waals surface area contributed by atoms with E-state index < -0.39 is 11.1 Å². The summed E-state index contributed by atoms with van der Waals surface area (Å²) in [5, 5.41) is 0. The minimum absolute atomic E-state index is 0.178. The fraction of sp³-hybridized carbons (Fsp3) is 0.286. The maximum absolute atomic E-state index is 12.3. The van der Waals surface area contributed by atoms with Crippen LogP contribution < -0.4 is 4.90 Å². The molecule has 5 nitrogen and oxygen atoms in total. The molecule has 3 unspecified atom stereocenters. The highest BCUT2D eigenvalue weighted by molar-refractivity contribution is 7.79. The van der Waals surface area contributed by atoms with Crippen molar-refractivity contribution in [1.29, 1.82) is 0 Å². The lowest BCUT2D eigenvalue weighted by Gasteiger charge is -2.14. The van der Waals surface area contributed by atoms with Crippen LogP contribution in [0.3, 0.4) is 0 Å². The lowest BCUT2D eigenvalue weighted by atomic mass is 9.85. The van der Waals surface area contributed by atoms with E-state index in [4.69, 9.17) is 4.55 Å². The number of hydrogen-bond donors (Lipinski definition) is 1. The van der Waals surface area contributed by atoms with E-state index in [0.717, 1.165) is 0 Å². The Labute approximate surface area is 118 Å². The zero-order valence-electron chi connectivity index (χ0n) is 10.6. The fourth-order valence-corrected chi connectivity index (χ4v) is 3.14. The molecule has 104 valence electrons. The van der Waals surface area contributed by atoms with E-state index >= 15 is 0 Å². The lowest BCUT2D eigenvalue weighted by Crippen LogP contribution is -2.30. The van der Waals surface area contributed by atoms with Crippen molar-refractivity contribution in [3.05, 3.63) is 36.4 Å². The van der Waals surface area contributed by atoms with Crippen LogP contribution in [-0.4, -0.2) is 20.6 Å². The number of carbonyl (C=O) groups is 2. The van der Waals surface area contributed by atoms with Crippen LogP contribution in [0.1, 0.15) is 12.8 Å². The van der Waals surface area contributed by atoms with Crippen LogP contribution in [0.4, 0.5) is 5.69 Å². The molecule has 1 fully saturated rings. The van der Waals surface area contributed by atoms with Crippen molar-refractivity contribution in [2.75, 3.05) is 4.90 Å². The van der Waals surface area contributed by atoms with Crippen molar-refractivity contribution in [3.8, 4) is 0 Å². The summed E-state index contributed by atoms with van der Waals surface area (Å²) in [6.07, 6.45) is 5.08. The maximum atomic E-state index is 12.3. The molecule has 3 rings (SSSR count). The highest BCUT2D eigenvalue weighted by Gasteiger charge is 2.47. The molecule has 1 aliphatic heterocycles. The van der Waals surface area contributed by atoms with Crippen LogP contribution in [0.25, 0.3) is 0 Å². The Morgan fingerprint density at radius 2 is 1.50 bits per heavy atom. The fourth-order valence-electron chi connectivity index (χ4n) is 2.77. The molecule has 3 atom stereocenters. The largest absolute Gasteiger partial charge is 0.302 e. The molecule has 2 aliphatic rings. The zero-order chi connectivity index (χ0) is 14.3. The van der Waals surface area contributed by atoms with E-state index in [0.29, 0.717) is 18.5 Å². The summed E-state index contributed by atoms with van der Waals surface area (Å²) in [7, 11) is 0. The number of anilines is 1. The van der Waals surface area contributed by atoms with Gasteiger partial charge in [-0.25, -0.2) is 4.21 Å². The molecule has 0 saturated carbocycles. The van der Waals surface area contributed by atoms with Gasteiger partial charge in [0.2, 0.25) is 11.8 Å². The number of benzene rings is 1. The second kappa shape index (κ2) is 4.96. The molecule has 0 spiro atoms. The van der Waals surface area contributed by atoms with E-state index in [1.165, 1.54) is 29.2 Å². The van der Waals surface area contributed by atoms with Crippen molar-refractivity contribution in [2.24, 2.45) is 11.8 Å². The van der Waals surface area contributed by atoms with Crippen LogP contribution in [0.2, 0.25) is 0 Å². The summed E-state index contributed by atoms with van der Waals surface area (Å²) in [6, 6.07) is 5.96. The SMILES string of the molecule is O=C1C2CC=CCC2C(=O)N1c1ccc(S(=O)O)cc1. The molecular formula is C14H13NO4S. The molecule has 0 radical (unpaired) electrons. The van der Waals surface area contributed by atoms with Gasteiger partial charge in [0.15, 0.2) is 11.1 Å². The number of imide groups is 1. The zero-order valence-corrected chi connectivity index (χ0v) is 11.4. The third-order valence-electron chi connectivity index (χ3n) is 3.80. The number of allylic oxidation sites excluding steroid dienone is 2. The molecule has 1 aromatic carbocycles. The van der Waals surface area contributed by atoms with Crippen molar-refractivity contribution >= 4 is 28.6 Å². The number of amides is 2. The average molecular weight is 291 g/mol. The first-order valence-electron chi connectivity index (χ1n) is 6.33. The third kappa shape index (κ3) is 2.01. The standard InChI is InChI=1S/C14H13NO4S/c16-13-11-3-1-2-4-12(11)14(17)15(13)9-5-7-10(8-6-9)20(18)19/h1-2,5-8,11-12H,3-4H2,(H,18,19). The molecule has 1 N–H and O–H groups in total. The van der Waals surface area contributed by atoms with E-state index in [1.54, 1.807) is 0 Å². The molecule has 6 heteroatoms. The molecule has 0 bridgehead atoms. The second-order valence-electron chi connectivity index (χ2n) is 4.91. The van der Waals surface area contributed by atoms with Gasteiger partial charge in [-0.05, 0) is 37.1 Å². The van der Waals surface area contributed by atoms with Gasteiger partial charge in [0.25, 0.3) is 0 Å². The quantitative estimate of drug-likeness (QED) is 0.511. The summed E-state index contributed by atoms with van der Waals surface area (Å²) in [5.74, 6) is -0.886. The van der Waals surface area contributed by atoms with E-state index in [9.17, 15) is 13.8 Å². The Balaban J connectivity index is 1.92. The topological polar surface area (TPSA) is 74.7 Å². The Hall–Kier alpha value is -1.79. The maximum Gasteiger partial charge on any atom is 0.238 e. The Morgan fingerprint density at radius 1 is 1.00 bits per heavy atom. The van der Waals surface area contributed by atoms with Gasteiger partial charge < -0.3 is 4.55 Å². The van der Waals surface area contributed by atoms with Gasteiger partial charge in [0.1, 0.15) is 0 Å². The van der Waals surface area contributed by atoms with Crippen LogP contribution in [0.15, 0.2) is 41.3 Å². The van der Waals surface area contributed by atoms with Crippen molar-refractivity contribution in [2.45, 2.75) is 17.7 Å². The van der Waals surface area contributed by atoms with Crippen molar-refractivity contribution < 1.29 is 18.4 Å². The van der Waals surface area contributed by atoms with Crippen molar-refractivity contribution in [1.82, 2.24) is 0 Å². The van der Waals surface area contributed by atoms with Gasteiger partial charge in [-0.2, -0.15) is 0 Å². The summed E-state index contributed by atoms with van der Waals surface area (Å²) in [5.41, 5.74) is 0.462. The van der Waals surface area contributed by atoms with Crippen LogP contribution in [0.5, 0.6) is 0 Å². The summed E-state index contributed by atoms with van der Waals surface area (Å²) in [4.78, 5) is 26.1. The monoisotopic (exact) mass is 291 g/mol. The Bertz CT molecular complexity index is 597. The molecule has 1 aliphatic carbocycles. The van der Waals surface area contributed by atoms with Gasteiger partial charge in [0, 0.05) is 0 Å². The van der Waals surface area contributed by atoms with Gasteiger partial charge in [-0.3, -0.25) is 14.5 Å². The molecule has 0 aromatic heterocycles. The van der Waals surface area contributed by atoms with Gasteiger partial charge in [0.05, 0.1) is 22.4 Å². The molecule has 1 heterocycles. The summed E-state index contributed by atoms with van der Waals surface area (Å²) in [6.45, 7) is 0. The molecule has 2 amide bonds. The first-order chi connectivity index (χ1) is 9.59. The van der Waals surface area contributed by atoms with Crippen LogP contribution in [-0.2, 0) is 20.7 Å². The van der Waals surface area contributed by atoms with E-state index in [2.05, 4.69) is 0 Å². The Kier molecular flexibility index (Phi) is 3.27. The summed E-state index contributed by atoms with van der Waals surface area (Å²) < 4.78 is 19.9. The van der Waals surface area contributed by atoms with E-state index in [1.807, 2.05) is 12.2 Å². The van der Waals surface area contributed by atoms with E-state index in [-0.39, 0.29) is 28.5 Å². The highest BCUT2D eigenvalue weighted by Crippen LogP contribution is 2.37. The number of carbonyl (C=O) groups excluding carboxylic acids is 2. The first-order valence-corrected chi connectivity index (χ1v) is 7.44. The predicted octanol–water partition coefficient (Wildman–Crippen LogP) is 1.72. The normalized spacial score (nSPS) is 26.8. The number of hydrogen-bond acceptors (Lipinski definition) is 3. The number of rotatable bonds is 2. The smallest absolute Gasteiger partial charge is 0.238 e. The number of nitrogens with zero attached hydrogens (tertiary/aromatic N) is 1. The first kappa shape index (κ1) is 13.2. The Morgan fingerprint density at radius 3 is 1.95 bits per heavy atom. The second-order valence-corrected chi connectivity index (χ2v) is 5.88. The van der Waals surface area contributed by atoms with Gasteiger partial charge >= 0.3 is 0 Å². The third-order valence-corrected chi connectivity index (χ3v) is 4.48. The molecule has 20 heavy (non-hydrogen) atoms. The molecule has 1 saturated heterocycles. The predicted molar refractivity (Wildman–Crippen MR) is 73.3 cm³/mol. The lowest BCUT2D eigenvalue weighted by molar-refractivity contribution is -0.122. The molecular weight excluding hydrogens is 278 g/mol. The van der Waals surface area contributed by atoms with Gasteiger partial charge in [-0.15, -0.1) is 0 Å². The number of fused-ring (bicyclic) bond motifs is 1. The van der Waals surface area contributed by atoms with Gasteiger partial charge in [-0.1, -0.05) is 12.2 Å². The summed E-state index contributed by atoms with van der Waals surface area (Å²) >= 11 is -2.06. The minimum Gasteiger partial charge on any atom is -0.302 e. The highest BCUT2D eigenvalue weighted by atomic mass is 32.2. The average Bonchev–Trinajstić information content (AvgIpc) is 2.72. The molecule has 1 aromatic rings. The van der Waals surface area contributed by atoms with Crippen LogP contribution >= 0.6 is 0 Å².